The lowest BCUT2D eigenvalue weighted by molar-refractivity contribution is -0.0419. The van der Waals surface area contributed by atoms with E-state index in [1.54, 1.807) is 24.4 Å². The first-order valence-electron chi connectivity index (χ1n) is 9.96. The average molecular weight is 371 g/mol. The van der Waals surface area contributed by atoms with E-state index in [1.807, 2.05) is 0 Å². The molecule has 0 unspecified atom stereocenters. The largest absolute Gasteiger partial charge is 0.373 e. The van der Waals surface area contributed by atoms with E-state index in [0.29, 0.717) is 17.4 Å². The fourth-order valence-electron chi connectivity index (χ4n) is 4.16. The Kier molecular flexibility index (Phi) is 5.53. The number of hydrogen-bond acceptors (Lipinski definition) is 3. The van der Waals surface area contributed by atoms with Gasteiger partial charge in [0.1, 0.15) is 11.5 Å². The molecule has 1 N–H and O–H groups in total. The van der Waals surface area contributed by atoms with Crippen molar-refractivity contribution in [2.24, 2.45) is 0 Å². The molecule has 6 heteroatoms. The fourth-order valence-corrected chi connectivity index (χ4v) is 4.16. The minimum Gasteiger partial charge on any atom is -0.373 e. The predicted octanol–water partition coefficient (Wildman–Crippen LogP) is 4.01. The van der Waals surface area contributed by atoms with E-state index < -0.39 is 0 Å². The number of amides is 1. The molecule has 1 heterocycles. The van der Waals surface area contributed by atoms with E-state index in [2.05, 4.69) is 10.4 Å². The summed E-state index contributed by atoms with van der Waals surface area (Å²) in [5.41, 5.74) is 0.764. The molecule has 144 valence electrons. The highest BCUT2D eigenvalue weighted by atomic mass is 19.1. The van der Waals surface area contributed by atoms with Gasteiger partial charge in [-0.05, 0) is 37.8 Å². The molecule has 1 aromatic carbocycles. The number of benzene rings is 1. The topological polar surface area (TPSA) is 56.1 Å². The highest BCUT2D eigenvalue weighted by Crippen LogP contribution is 2.28. The summed E-state index contributed by atoms with van der Waals surface area (Å²) in [6.07, 6.45) is 12.4. The van der Waals surface area contributed by atoms with Crippen LogP contribution in [0.15, 0.2) is 36.7 Å². The van der Waals surface area contributed by atoms with E-state index >= 15 is 0 Å². The number of nitrogens with one attached hydrogen (secondary N) is 1. The number of rotatable bonds is 5. The van der Waals surface area contributed by atoms with Crippen LogP contribution in [-0.4, -0.2) is 33.9 Å². The minimum absolute atomic E-state index is 0.0312. The number of carbonyl (C=O) groups excluding carboxylic acids is 1. The molecule has 2 aromatic rings. The second-order valence-corrected chi connectivity index (χ2v) is 7.57. The molecule has 5 nitrogen and oxygen atoms in total. The van der Waals surface area contributed by atoms with Gasteiger partial charge in [-0.25, -0.2) is 9.07 Å². The zero-order valence-electron chi connectivity index (χ0n) is 15.4. The minimum atomic E-state index is -0.370. The molecular weight excluding hydrogens is 345 g/mol. The maximum Gasteiger partial charge on any atom is 0.254 e. The molecular formula is C21H26FN3O2. The quantitative estimate of drug-likeness (QED) is 0.864. The Labute approximate surface area is 158 Å². The SMILES string of the molecule is O=C(N[C@@H]1CCCC[C@@H]1OC1CCCC1)c1cnn(-c2ccccc2F)c1. The van der Waals surface area contributed by atoms with Gasteiger partial charge in [-0.2, -0.15) is 5.10 Å². The van der Waals surface area contributed by atoms with Crippen molar-refractivity contribution in [1.82, 2.24) is 15.1 Å². The van der Waals surface area contributed by atoms with Crippen LogP contribution >= 0.6 is 0 Å². The van der Waals surface area contributed by atoms with Gasteiger partial charge in [0, 0.05) is 6.20 Å². The van der Waals surface area contributed by atoms with Gasteiger partial charge in [-0.1, -0.05) is 37.8 Å². The Hall–Kier alpha value is -2.21. The lowest BCUT2D eigenvalue weighted by Gasteiger charge is -2.34. The molecule has 0 radical (unpaired) electrons. The van der Waals surface area contributed by atoms with Gasteiger partial charge in [-0.15, -0.1) is 0 Å². The van der Waals surface area contributed by atoms with Crippen molar-refractivity contribution < 1.29 is 13.9 Å². The molecule has 0 spiro atoms. The first-order valence-corrected chi connectivity index (χ1v) is 9.96. The van der Waals surface area contributed by atoms with Crippen LogP contribution in [-0.2, 0) is 4.74 Å². The van der Waals surface area contributed by atoms with Crippen molar-refractivity contribution in [1.29, 1.82) is 0 Å². The van der Waals surface area contributed by atoms with Gasteiger partial charge in [0.25, 0.3) is 5.91 Å². The Morgan fingerprint density at radius 3 is 2.67 bits per heavy atom. The highest BCUT2D eigenvalue weighted by Gasteiger charge is 2.31. The van der Waals surface area contributed by atoms with Gasteiger partial charge in [0.15, 0.2) is 0 Å². The Morgan fingerprint density at radius 1 is 1.11 bits per heavy atom. The lowest BCUT2D eigenvalue weighted by Crippen LogP contribution is -2.47. The van der Waals surface area contributed by atoms with Crippen LogP contribution in [0.2, 0.25) is 0 Å². The van der Waals surface area contributed by atoms with E-state index in [0.717, 1.165) is 38.5 Å². The zero-order chi connectivity index (χ0) is 18.6. The summed E-state index contributed by atoms with van der Waals surface area (Å²) in [6, 6.07) is 6.42. The first kappa shape index (κ1) is 18.2. The predicted molar refractivity (Wildman–Crippen MR) is 100 cm³/mol. The van der Waals surface area contributed by atoms with Crippen LogP contribution in [0.25, 0.3) is 5.69 Å². The van der Waals surface area contributed by atoms with Crippen LogP contribution in [0, 0.1) is 5.82 Å². The molecule has 1 aromatic heterocycles. The van der Waals surface area contributed by atoms with Crippen molar-refractivity contribution in [2.75, 3.05) is 0 Å². The van der Waals surface area contributed by atoms with Crippen LogP contribution in [0.3, 0.4) is 0 Å². The zero-order valence-corrected chi connectivity index (χ0v) is 15.4. The number of aromatic nitrogens is 2. The number of carbonyl (C=O) groups is 1. The van der Waals surface area contributed by atoms with Crippen LogP contribution in [0.4, 0.5) is 4.39 Å². The van der Waals surface area contributed by atoms with Crippen LogP contribution in [0.1, 0.15) is 61.7 Å². The Morgan fingerprint density at radius 2 is 1.85 bits per heavy atom. The molecule has 2 saturated carbocycles. The summed E-state index contributed by atoms with van der Waals surface area (Å²) >= 11 is 0. The lowest BCUT2D eigenvalue weighted by atomic mass is 9.92. The standard InChI is InChI=1S/C21H26FN3O2/c22-17-9-3-5-11-19(17)25-14-15(13-23-25)21(26)24-18-10-4-6-12-20(18)27-16-7-1-2-8-16/h3,5,9,11,13-14,16,18,20H,1-2,4,6-8,10,12H2,(H,24,26)/t18-,20+/m1/s1. The third kappa shape index (κ3) is 4.21. The number of halogens is 1. The number of hydrogen-bond donors (Lipinski definition) is 1. The van der Waals surface area contributed by atoms with Gasteiger partial charge >= 0.3 is 0 Å². The summed E-state index contributed by atoms with van der Waals surface area (Å²) in [7, 11) is 0. The molecule has 2 atom stereocenters. The summed E-state index contributed by atoms with van der Waals surface area (Å²) in [5, 5.41) is 7.28. The monoisotopic (exact) mass is 371 g/mol. The van der Waals surface area contributed by atoms with E-state index in [4.69, 9.17) is 4.74 Å². The molecule has 0 aliphatic heterocycles. The highest BCUT2D eigenvalue weighted by molar-refractivity contribution is 5.94. The van der Waals surface area contributed by atoms with E-state index in [9.17, 15) is 9.18 Å². The third-order valence-electron chi connectivity index (χ3n) is 5.63. The molecule has 4 rings (SSSR count). The van der Waals surface area contributed by atoms with Crippen molar-refractivity contribution in [3.05, 3.63) is 48.0 Å². The number of nitrogens with zero attached hydrogens (tertiary/aromatic N) is 2. The normalized spacial score (nSPS) is 23.4. The van der Waals surface area contributed by atoms with Crippen molar-refractivity contribution in [3.8, 4) is 5.69 Å². The Balaban J connectivity index is 1.42. The first-order chi connectivity index (χ1) is 13.2. The van der Waals surface area contributed by atoms with Gasteiger partial charge < -0.3 is 10.1 Å². The van der Waals surface area contributed by atoms with Gasteiger partial charge in [-0.3, -0.25) is 4.79 Å². The maximum atomic E-state index is 13.9. The molecule has 2 aliphatic carbocycles. The third-order valence-corrected chi connectivity index (χ3v) is 5.63. The van der Waals surface area contributed by atoms with Crippen LogP contribution in [0.5, 0.6) is 0 Å². The fraction of sp³-hybridized carbons (Fsp3) is 0.524. The molecule has 27 heavy (non-hydrogen) atoms. The second kappa shape index (κ2) is 8.21. The van der Waals surface area contributed by atoms with Crippen molar-refractivity contribution >= 4 is 5.91 Å². The molecule has 0 bridgehead atoms. The average Bonchev–Trinajstić information content (AvgIpc) is 3.36. The van der Waals surface area contributed by atoms with Crippen molar-refractivity contribution in [3.63, 3.8) is 0 Å². The Bertz CT molecular complexity index is 785. The summed E-state index contributed by atoms with van der Waals surface area (Å²) in [4.78, 5) is 12.7. The maximum absolute atomic E-state index is 13.9. The van der Waals surface area contributed by atoms with Gasteiger partial charge in [0.2, 0.25) is 0 Å². The summed E-state index contributed by atoms with van der Waals surface area (Å²) in [6.45, 7) is 0. The van der Waals surface area contributed by atoms with E-state index in [-0.39, 0.29) is 23.9 Å². The van der Waals surface area contributed by atoms with Gasteiger partial charge in [0.05, 0.1) is 30.0 Å². The van der Waals surface area contributed by atoms with E-state index in [1.165, 1.54) is 29.8 Å². The molecule has 2 aliphatic rings. The smallest absolute Gasteiger partial charge is 0.254 e. The number of ether oxygens (including phenoxy) is 1. The van der Waals surface area contributed by atoms with Crippen LogP contribution < -0.4 is 5.32 Å². The van der Waals surface area contributed by atoms with Crippen molar-refractivity contribution in [2.45, 2.75) is 69.6 Å². The number of para-hydroxylation sites is 1. The second-order valence-electron chi connectivity index (χ2n) is 7.57. The summed E-state index contributed by atoms with van der Waals surface area (Å²) in [5.74, 6) is -0.547. The molecule has 2 fully saturated rings. The molecule has 1 amide bonds. The molecule has 0 saturated heterocycles. The summed E-state index contributed by atoms with van der Waals surface area (Å²) < 4.78 is 21.6.